The van der Waals surface area contributed by atoms with Crippen molar-refractivity contribution in [2.75, 3.05) is 27.9 Å². The first-order valence-corrected chi connectivity index (χ1v) is 9.30. The molecule has 29 heavy (non-hydrogen) atoms. The summed E-state index contributed by atoms with van der Waals surface area (Å²) in [6.45, 7) is 4.00. The molecule has 0 bridgehead atoms. The number of carbonyl (C=O) groups is 1. The molecule has 0 amide bonds. The summed E-state index contributed by atoms with van der Waals surface area (Å²) < 4.78 is 23.4. The van der Waals surface area contributed by atoms with E-state index >= 15 is 0 Å². The van der Waals surface area contributed by atoms with Crippen LogP contribution in [0.1, 0.15) is 23.0 Å². The van der Waals surface area contributed by atoms with Crippen molar-refractivity contribution >= 4 is 5.97 Å². The number of rotatable bonds is 7. The Morgan fingerprint density at radius 2 is 1.55 bits per heavy atom. The third-order valence-corrected chi connectivity index (χ3v) is 4.76. The minimum absolute atomic E-state index is 0.313. The van der Waals surface area contributed by atoms with E-state index in [0.717, 1.165) is 28.4 Å². The number of benzene rings is 2. The van der Waals surface area contributed by atoms with Crippen LogP contribution in [0.15, 0.2) is 48.5 Å². The van der Waals surface area contributed by atoms with Crippen molar-refractivity contribution in [3.8, 4) is 34.2 Å². The van der Waals surface area contributed by atoms with Crippen LogP contribution in [0.3, 0.4) is 0 Å². The Morgan fingerprint density at radius 3 is 2.14 bits per heavy atom. The Bertz CT molecular complexity index is 1000. The summed E-state index contributed by atoms with van der Waals surface area (Å²) in [4.78, 5) is 12.5. The van der Waals surface area contributed by atoms with Gasteiger partial charge < -0.3 is 23.5 Å². The molecule has 1 aromatic heterocycles. The SMILES string of the molecule is CCOC(=O)c1cc(-c2ccc(OC)cc2OC)n(-c2ccc(OC)cc2)c1C. The predicted molar refractivity (Wildman–Crippen MR) is 112 cm³/mol. The molecule has 6 nitrogen and oxygen atoms in total. The molecular formula is C23H25NO5. The van der Waals surface area contributed by atoms with Crippen LogP contribution in [0.4, 0.5) is 0 Å². The van der Waals surface area contributed by atoms with Crippen LogP contribution in [0.2, 0.25) is 0 Å². The predicted octanol–water partition coefficient (Wildman–Crippen LogP) is 4.66. The van der Waals surface area contributed by atoms with Gasteiger partial charge >= 0.3 is 5.97 Å². The van der Waals surface area contributed by atoms with Gasteiger partial charge in [-0.25, -0.2) is 4.79 Å². The van der Waals surface area contributed by atoms with Gasteiger partial charge in [0.2, 0.25) is 0 Å². The zero-order valence-corrected chi connectivity index (χ0v) is 17.3. The number of aromatic nitrogens is 1. The van der Waals surface area contributed by atoms with Gasteiger partial charge in [-0.3, -0.25) is 0 Å². The number of ether oxygens (including phenoxy) is 4. The summed E-state index contributed by atoms with van der Waals surface area (Å²) in [5.74, 6) is 1.74. The second-order valence-corrected chi connectivity index (χ2v) is 6.35. The fourth-order valence-electron chi connectivity index (χ4n) is 3.29. The fraction of sp³-hybridized carbons (Fsp3) is 0.261. The highest BCUT2D eigenvalue weighted by molar-refractivity contribution is 5.93. The van der Waals surface area contributed by atoms with E-state index in [9.17, 15) is 4.79 Å². The molecule has 0 saturated heterocycles. The molecule has 0 N–H and O–H groups in total. The average molecular weight is 395 g/mol. The minimum Gasteiger partial charge on any atom is -0.497 e. The lowest BCUT2D eigenvalue weighted by molar-refractivity contribution is 0.0525. The molecule has 0 radical (unpaired) electrons. The molecule has 0 aliphatic rings. The smallest absolute Gasteiger partial charge is 0.339 e. The fourth-order valence-corrected chi connectivity index (χ4v) is 3.29. The van der Waals surface area contributed by atoms with Gasteiger partial charge in [0.15, 0.2) is 0 Å². The van der Waals surface area contributed by atoms with E-state index in [1.165, 1.54) is 0 Å². The third kappa shape index (κ3) is 3.92. The van der Waals surface area contributed by atoms with Gasteiger partial charge in [0.25, 0.3) is 0 Å². The highest BCUT2D eigenvalue weighted by Crippen LogP contribution is 2.37. The summed E-state index contributed by atoms with van der Waals surface area (Å²) in [5, 5.41) is 0. The van der Waals surface area contributed by atoms with Crippen molar-refractivity contribution in [3.63, 3.8) is 0 Å². The Hall–Kier alpha value is -3.41. The molecule has 0 fully saturated rings. The number of carbonyl (C=O) groups excluding carboxylic acids is 1. The Morgan fingerprint density at radius 1 is 0.897 bits per heavy atom. The summed E-state index contributed by atoms with van der Waals surface area (Å²) in [6.07, 6.45) is 0. The van der Waals surface area contributed by atoms with Crippen LogP contribution in [-0.4, -0.2) is 38.5 Å². The summed E-state index contributed by atoms with van der Waals surface area (Å²) in [6, 6.07) is 15.1. The van der Waals surface area contributed by atoms with Crippen LogP contribution in [0, 0.1) is 6.92 Å². The maximum Gasteiger partial charge on any atom is 0.339 e. The molecule has 3 aromatic rings. The van der Waals surface area contributed by atoms with Gasteiger partial charge in [-0.05, 0) is 56.3 Å². The van der Waals surface area contributed by atoms with Crippen LogP contribution in [0.5, 0.6) is 17.2 Å². The molecule has 0 aliphatic heterocycles. The molecule has 0 saturated carbocycles. The van der Waals surface area contributed by atoms with Crippen molar-refractivity contribution in [2.45, 2.75) is 13.8 Å². The molecule has 1 heterocycles. The van der Waals surface area contributed by atoms with Gasteiger partial charge in [-0.2, -0.15) is 0 Å². The van der Waals surface area contributed by atoms with Gasteiger partial charge in [0.05, 0.1) is 39.2 Å². The van der Waals surface area contributed by atoms with E-state index in [4.69, 9.17) is 18.9 Å². The molecular weight excluding hydrogens is 370 g/mol. The zero-order valence-electron chi connectivity index (χ0n) is 17.3. The van der Waals surface area contributed by atoms with Gasteiger partial charge in [-0.1, -0.05) is 0 Å². The first kappa shape index (κ1) is 20.3. The van der Waals surface area contributed by atoms with Crippen molar-refractivity contribution in [3.05, 3.63) is 59.8 Å². The lowest BCUT2D eigenvalue weighted by atomic mass is 10.1. The van der Waals surface area contributed by atoms with Crippen LogP contribution in [0.25, 0.3) is 16.9 Å². The number of nitrogens with zero attached hydrogens (tertiary/aromatic N) is 1. The van der Waals surface area contributed by atoms with Gasteiger partial charge in [0.1, 0.15) is 17.2 Å². The Balaban J connectivity index is 2.24. The van der Waals surface area contributed by atoms with Crippen molar-refractivity contribution in [1.29, 1.82) is 0 Å². The maximum atomic E-state index is 12.5. The average Bonchev–Trinajstić information content (AvgIpc) is 3.10. The van der Waals surface area contributed by atoms with Gasteiger partial charge in [-0.15, -0.1) is 0 Å². The van der Waals surface area contributed by atoms with Crippen molar-refractivity contribution in [2.24, 2.45) is 0 Å². The highest BCUT2D eigenvalue weighted by atomic mass is 16.5. The Labute approximate surface area is 170 Å². The van der Waals surface area contributed by atoms with E-state index in [2.05, 4.69) is 0 Å². The number of hydrogen-bond acceptors (Lipinski definition) is 5. The summed E-state index contributed by atoms with van der Waals surface area (Å²) in [7, 11) is 4.85. The highest BCUT2D eigenvalue weighted by Gasteiger charge is 2.22. The van der Waals surface area contributed by atoms with E-state index in [-0.39, 0.29) is 5.97 Å². The second-order valence-electron chi connectivity index (χ2n) is 6.35. The number of hydrogen-bond donors (Lipinski definition) is 0. The normalized spacial score (nSPS) is 10.5. The minimum atomic E-state index is -0.356. The molecule has 0 atom stereocenters. The first-order valence-electron chi connectivity index (χ1n) is 9.30. The van der Waals surface area contributed by atoms with Gasteiger partial charge in [0, 0.05) is 23.0 Å². The zero-order chi connectivity index (χ0) is 21.0. The lowest BCUT2D eigenvalue weighted by Gasteiger charge is -2.15. The van der Waals surface area contributed by atoms with Crippen LogP contribution < -0.4 is 14.2 Å². The molecule has 2 aromatic carbocycles. The molecule has 3 rings (SSSR count). The van der Waals surface area contributed by atoms with Crippen LogP contribution >= 0.6 is 0 Å². The van der Waals surface area contributed by atoms with E-state index in [1.807, 2.05) is 60.0 Å². The number of esters is 1. The van der Waals surface area contributed by atoms with E-state index < -0.39 is 0 Å². The largest absolute Gasteiger partial charge is 0.497 e. The molecule has 0 spiro atoms. The van der Waals surface area contributed by atoms with Crippen LogP contribution in [-0.2, 0) is 4.74 Å². The quantitative estimate of drug-likeness (QED) is 0.545. The monoisotopic (exact) mass is 395 g/mol. The first-order chi connectivity index (χ1) is 14.0. The third-order valence-electron chi connectivity index (χ3n) is 4.76. The second kappa shape index (κ2) is 8.73. The topological polar surface area (TPSA) is 58.9 Å². The molecule has 0 unspecified atom stereocenters. The van der Waals surface area contributed by atoms with Crippen molar-refractivity contribution < 1.29 is 23.7 Å². The summed E-state index contributed by atoms with van der Waals surface area (Å²) >= 11 is 0. The van der Waals surface area contributed by atoms with Crippen molar-refractivity contribution in [1.82, 2.24) is 4.57 Å². The molecule has 0 aliphatic carbocycles. The lowest BCUT2D eigenvalue weighted by Crippen LogP contribution is -2.07. The summed E-state index contributed by atoms with van der Waals surface area (Å²) in [5.41, 5.74) is 3.83. The standard InChI is InChI=1S/C23H25NO5/c1-6-29-23(25)20-14-21(19-12-11-18(27-4)13-22(19)28-5)24(15(20)2)16-7-9-17(26-3)10-8-16/h7-14H,6H2,1-5H3. The van der Waals surface area contributed by atoms with E-state index in [0.29, 0.717) is 23.7 Å². The Kier molecular flexibility index (Phi) is 6.12. The molecule has 152 valence electrons. The molecule has 6 heteroatoms. The maximum absolute atomic E-state index is 12.5. The number of methoxy groups -OCH3 is 3. The van der Waals surface area contributed by atoms with E-state index in [1.54, 1.807) is 28.3 Å².